The molecule has 11 nitrogen and oxygen atoms in total. The van der Waals surface area contributed by atoms with Gasteiger partial charge < -0.3 is 20.1 Å². The van der Waals surface area contributed by atoms with Crippen molar-refractivity contribution in [2.45, 2.75) is 44.4 Å². The summed E-state index contributed by atoms with van der Waals surface area (Å²) in [5, 5.41) is 10.4. The molecule has 1 fully saturated rings. The smallest absolute Gasteiger partial charge is 0.222 e. The molecule has 4 heterocycles. The van der Waals surface area contributed by atoms with E-state index in [4.69, 9.17) is 14.6 Å². The number of nitrogens with one attached hydrogen (secondary N) is 2. The zero-order valence-corrected chi connectivity index (χ0v) is 20.8. The van der Waals surface area contributed by atoms with E-state index in [1.807, 2.05) is 30.8 Å². The Balaban J connectivity index is 1.75. The van der Waals surface area contributed by atoms with Gasteiger partial charge in [-0.05, 0) is 26.3 Å². The Morgan fingerprint density at radius 3 is 2.71 bits per heavy atom. The second-order valence-corrected chi connectivity index (χ2v) is 10.5. The Hall–Kier alpha value is -3.51. The number of sulfone groups is 1. The lowest BCUT2D eigenvalue weighted by Gasteiger charge is -2.15. The molecule has 1 atom stereocenters. The molecule has 3 aromatic rings. The van der Waals surface area contributed by atoms with Gasteiger partial charge in [0, 0.05) is 55.9 Å². The first-order valence-corrected chi connectivity index (χ1v) is 13.0. The molecular formula is C23H28N6O5S. The third-order valence-corrected chi connectivity index (χ3v) is 6.13. The summed E-state index contributed by atoms with van der Waals surface area (Å²) >= 11 is 0. The molecule has 1 saturated heterocycles. The van der Waals surface area contributed by atoms with E-state index in [0.717, 1.165) is 12.7 Å². The van der Waals surface area contributed by atoms with Crippen molar-refractivity contribution in [3.8, 4) is 17.0 Å². The van der Waals surface area contributed by atoms with Crippen molar-refractivity contribution in [3.05, 3.63) is 36.7 Å². The molecular weight excluding hydrogens is 472 g/mol. The lowest BCUT2D eigenvalue weighted by atomic mass is 10.1. The maximum absolute atomic E-state index is 12.2. The third kappa shape index (κ3) is 6.14. The van der Waals surface area contributed by atoms with Crippen LogP contribution >= 0.6 is 0 Å². The molecule has 0 saturated carbocycles. The minimum atomic E-state index is -3.60. The highest BCUT2D eigenvalue weighted by atomic mass is 32.2. The fourth-order valence-corrected chi connectivity index (χ4v) is 4.24. The average Bonchev–Trinajstić information content (AvgIpc) is 3.44. The first-order valence-electron chi connectivity index (χ1n) is 11.1. The van der Waals surface area contributed by atoms with Crippen molar-refractivity contribution in [2.24, 2.45) is 0 Å². The highest BCUT2D eigenvalue weighted by Gasteiger charge is 2.20. The summed E-state index contributed by atoms with van der Waals surface area (Å²) < 4.78 is 37.6. The molecule has 0 aromatic carbocycles. The minimum absolute atomic E-state index is 0.124. The quantitative estimate of drug-likeness (QED) is 0.477. The van der Waals surface area contributed by atoms with Crippen LogP contribution in [0, 0.1) is 0 Å². The molecule has 1 aliphatic heterocycles. The van der Waals surface area contributed by atoms with Gasteiger partial charge in [-0.2, -0.15) is 5.10 Å². The maximum atomic E-state index is 12.2. The number of nitrogens with zero attached hydrogens (tertiary/aromatic N) is 4. The number of rotatable bonds is 8. The Kier molecular flexibility index (Phi) is 7.03. The average molecular weight is 501 g/mol. The number of ether oxygens (including phenoxy) is 2. The van der Waals surface area contributed by atoms with E-state index in [1.165, 1.54) is 13.0 Å². The van der Waals surface area contributed by atoms with Crippen molar-refractivity contribution in [1.29, 1.82) is 0 Å². The maximum Gasteiger partial charge on any atom is 0.222 e. The predicted molar refractivity (Wildman–Crippen MR) is 131 cm³/mol. The lowest BCUT2D eigenvalue weighted by molar-refractivity contribution is -0.114. The van der Waals surface area contributed by atoms with E-state index in [1.54, 1.807) is 18.3 Å². The zero-order chi connectivity index (χ0) is 25.2. The first kappa shape index (κ1) is 24.6. The molecule has 0 spiro atoms. The molecule has 2 N–H and O–H groups in total. The highest BCUT2D eigenvalue weighted by Crippen LogP contribution is 2.33. The van der Waals surface area contributed by atoms with E-state index in [9.17, 15) is 13.2 Å². The summed E-state index contributed by atoms with van der Waals surface area (Å²) in [6, 6.07) is 6.68. The zero-order valence-electron chi connectivity index (χ0n) is 20.0. The van der Waals surface area contributed by atoms with E-state index in [-0.39, 0.29) is 28.9 Å². The first-order chi connectivity index (χ1) is 16.6. The van der Waals surface area contributed by atoms with Crippen LogP contribution in [0.4, 0.5) is 17.3 Å². The van der Waals surface area contributed by atoms with Gasteiger partial charge in [0.05, 0.1) is 30.1 Å². The second kappa shape index (κ2) is 10.0. The molecule has 0 radical (unpaired) electrons. The van der Waals surface area contributed by atoms with E-state index < -0.39 is 9.84 Å². The summed E-state index contributed by atoms with van der Waals surface area (Å²) in [5.74, 6) is 0.673. The van der Waals surface area contributed by atoms with Crippen LogP contribution in [0.25, 0.3) is 11.3 Å². The van der Waals surface area contributed by atoms with Gasteiger partial charge in [-0.1, -0.05) is 0 Å². The number of carbonyl (C=O) groups is 1. The number of amides is 1. The van der Waals surface area contributed by atoms with Crippen LogP contribution in [0.2, 0.25) is 0 Å². The Bertz CT molecular complexity index is 1330. The Morgan fingerprint density at radius 2 is 2.06 bits per heavy atom. The monoisotopic (exact) mass is 500 g/mol. The predicted octanol–water partition coefficient (Wildman–Crippen LogP) is 3.19. The molecule has 1 unspecified atom stereocenters. The summed E-state index contributed by atoms with van der Waals surface area (Å²) in [5.41, 5.74) is 1.83. The second-order valence-electron chi connectivity index (χ2n) is 8.58. The molecule has 12 heteroatoms. The molecule has 4 rings (SSSR count). The van der Waals surface area contributed by atoms with Gasteiger partial charge in [0.2, 0.25) is 5.91 Å². The summed E-state index contributed by atoms with van der Waals surface area (Å²) in [4.78, 5) is 20.2. The van der Waals surface area contributed by atoms with E-state index in [0.29, 0.717) is 41.7 Å². The van der Waals surface area contributed by atoms with E-state index >= 15 is 0 Å². The molecule has 0 aliphatic carbocycles. The number of aromatic nitrogens is 4. The number of carbonyl (C=O) groups excluding carboxylic acids is 1. The van der Waals surface area contributed by atoms with Gasteiger partial charge in [0.1, 0.15) is 17.4 Å². The molecule has 3 aromatic heterocycles. The minimum Gasteiger partial charge on any atom is -0.491 e. The Morgan fingerprint density at radius 1 is 1.26 bits per heavy atom. The van der Waals surface area contributed by atoms with Gasteiger partial charge in [-0.25, -0.2) is 18.4 Å². The molecule has 186 valence electrons. The van der Waals surface area contributed by atoms with Crippen LogP contribution in [0.5, 0.6) is 5.75 Å². The fraction of sp³-hybridized carbons (Fsp3) is 0.391. The largest absolute Gasteiger partial charge is 0.491 e. The van der Waals surface area contributed by atoms with Crippen LogP contribution in [0.15, 0.2) is 41.7 Å². The number of hydrogen-bond donors (Lipinski definition) is 2. The van der Waals surface area contributed by atoms with Gasteiger partial charge in [-0.15, -0.1) is 0 Å². The fourth-order valence-electron chi connectivity index (χ4n) is 3.64. The van der Waals surface area contributed by atoms with Crippen molar-refractivity contribution in [1.82, 2.24) is 19.7 Å². The van der Waals surface area contributed by atoms with Gasteiger partial charge in [0.25, 0.3) is 0 Å². The van der Waals surface area contributed by atoms with Crippen LogP contribution in [-0.4, -0.2) is 59.6 Å². The molecule has 0 bridgehead atoms. The molecule has 1 aliphatic rings. The van der Waals surface area contributed by atoms with Crippen molar-refractivity contribution in [2.75, 3.05) is 30.1 Å². The van der Waals surface area contributed by atoms with Crippen LogP contribution in [0.3, 0.4) is 0 Å². The summed E-state index contributed by atoms with van der Waals surface area (Å²) in [6.07, 6.45) is 5.29. The van der Waals surface area contributed by atoms with Gasteiger partial charge in [-0.3, -0.25) is 9.48 Å². The summed E-state index contributed by atoms with van der Waals surface area (Å²) in [7, 11) is -3.60. The standard InChI is InChI=1S/C23H28N6O5S/c1-14(2)34-17-9-22(27-23(10-17)35(4,31)32)26-20-11-21(25-15(3)30)24-12-18(20)19-5-7-29(28-19)16-6-8-33-13-16/h5,7,9-12,14,16H,6,8,13H2,1-4H3,(H2,24,25,26,27,30). The molecule has 35 heavy (non-hydrogen) atoms. The van der Waals surface area contributed by atoms with Crippen molar-refractivity contribution < 1.29 is 22.7 Å². The van der Waals surface area contributed by atoms with Gasteiger partial charge in [0.15, 0.2) is 14.9 Å². The SMILES string of the molecule is CC(=O)Nc1cc(Nc2cc(OC(C)C)cc(S(C)(=O)=O)n2)c(-c2ccn(C3CCOC3)n2)cn1. The number of hydrogen-bond acceptors (Lipinski definition) is 9. The Labute approximate surface area is 203 Å². The topological polar surface area (TPSA) is 137 Å². The normalized spacial score (nSPS) is 15.9. The van der Waals surface area contributed by atoms with Crippen LogP contribution in [0.1, 0.15) is 33.2 Å². The van der Waals surface area contributed by atoms with Crippen LogP contribution in [-0.2, 0) is 19.4 Å². The van der Waals surface area contributed by atoms with Crippen molar-refractivity contribution >= 4 is 33.1 Å². The van der Waals surface area contributed by atoms with Gasteiger partial charge >= 0.3 is 0 Å². The van der Waals surface area contributed by atoms with Crippen LogP contribution < -0.4 is 15.4 Å². The summed E-state index contributed by atoms with van der Waals surface area (Å²) in [6.45, 7) is 6.39. The number of anilines is 3. The van der Waals surface area contributed by atoms with Crippen molar-refractivity contribution in [3.63, 3.8) is 0 Å². The molecule has 1 amide bonds. The third-order valence-electron chi connectivity index (χ3n) is 5.16. The lowest BCUT2D eigenvalue weighted by Crippen LogP contribution is -2.11. The number of pyridine rings is 2. The van der Waals surface area contributed by atoms with E-state index in [2.05, 4.69) is 20.6 Å². The highest BCUT2D eigenvalue weighted by molar-refractivity contribution is 7.90.